The van der Waals surface area contributed by atoms with E-state index in [0.717, 1.165) is 22.4 Å². The second-order valence-electron chi connectivity index (χ2n) is 6.22. The fourth-order valence-electron chi connectivity index (χ4n) is 2.85. The van der Waals surface area contributed by atoms with Crippen LogP contribution in [0.4, 0.5) is 5.69 Å². The SMILES string of the molecule is Cc1cc(C)c(NC(=O)C[NH2+][C@@H](C)c2ccc(Cl)cc2Cl)c(C)c1. The van der Waals surface area contributed by atoms with Gasteiger partial charge in [-0.25, -0.2) is 0 Å². The average Bonchev–Trinajstić information content (AvgIpc) is 2.48. The van der Waals surface area contributed by atoms with E-state index in [-0.39, 0.29) is 11.9 Å². The minimum Gasteiger partial charge on any atom is -0.332 e. The van der Waals surface area contributed by atoms with Gasteiger partial charge >= 0.3 is 0 Å². The van der Waals surface area contributed by atoms with E-state index in [9.17, 15) is 4.79 Å². The molecule has 24 heavy (non-hydrogen) atoms. The number of benzene rings is 2. The summed E-state index contributed by atoms with van der Waals surface area (Å²) in [6, 6.07) is 9.65. The molecule has 0 bridgehead atoms. The van der Waals surface area contributed by atoms with Crippen LogP contribution in [0.25, 0.3) is 0 Å². The maximum atomic E-state index is 12.3. The van der Waals surface area contributed by atoms with E-state index in [0.29, 0.717) is 16.6 Å². The molecule has 5 heteroatoms. The number of carbonyl (C=O) groups is 1. The summed E-state index contributed by atoms with van der Waals surface area (Å²) < 4.78 is 0. The number of amides is 1. The Morgan fingerprint density at radius 2 is 1.75 bits per heavy atom. The molecule has 2 aromatic carbocycles. The summed E-state index contributed by atoms with van der Waals surface area (Å²) in [5.41, 5.74) is 5.22. The quantitative estimate of drug-likeness (QED) is 0.819. The Balaban J connectivity index is 1.98. The van der Waals surface area contributed by atoms with Crippen molar-refractivity contribution >= 4 is 34.8 Å². The van der Waals surface area contributed by atoms with Crippen molar-refractivity contribution in [2.24, 2.45) is 0 Å². The van der Waals surface area contributed by atoms with Gasteiger partial charge in [0, 0.05) is 16.3 Å². The standard InChI is InChI=1S/C19H22Cl2N2O/c1-11-7-12(2)19(13(3)8-11)23-18(24)10-22-14(4)16-6-5-15(20)9-17(16)21/h5-9,14,22H,10H2,1-4H3,(H,23,24)/p+1/t14-/m0/s1. The number of nitrogens with one attached hydrogen (secondary N) is 1. The fourth-order valence-corrected chi connectivity index (χ4v) is 3.43. The summed E-state index contributed by atoms with van der Waals surface area (Å²) in [5, 5.41) is 6.21. The van der Waals surface area contributed by atoms with Gasteiger partial charge in [-0.1, -0.05) is 47.0 Å². The first-order chi connectivity index (χ1) is 11.3. The molecule has 0 aliphatic rings. The Kier molecular flexibility index (Phi) is 6.27. The molecule has 0 aliphatic heterocycles. The molecule has 128 valence electrons. The molecule has 1 atom stereocenters. The van der Waals surface area contributed by atoms with Crippen molar-refractivity contribution in [3.05, 3.63) is 62.6 Å². The highest BCUT2D eigenvalue weighted by molar-refractivity contribution is 6.35. The van der Waals surface area contributed by atoms with Crippen LogP contribution in [0.3, 0.4) is 0 Å². The number of hydrogen-bond acceptors (Lipinski definition) is 1. The molecule has 3 nitrogen and oxygen atoms in total. The normalized spacial score (nSPS) is 12.1. The highest BCUT2D eigenvalue weighted by Crippen LogP contribution is 2.24. The first kappa shape index (κ1) is 18.8. The van der Waals surface area contributed by atoms with Crippen LogP contribution in [0.15, 0.2) is 30.3 Å². The Bertz CT molecular complexity index is 736. The van der Waals surface area contributed by atoms with E-state index in [2.05, 4.69) is 24.4 Å². The summed E-state index contributed by atoms with van der Waals surface area (Å²) in [7, 11) is 0. The summed E-state index contributed by atoms with van der Waals surface area (Å²) in [6.45, 7) is 8.42. The highest BCUT2D eigenvalue weighted by Gasteiger charge is 2.16. The minimum atomic E-state index is -0.0259. The lowest BCUT2D eigenvalue weighted by atomic mass is 10.1. The van der Waals surface area contributed by atoms with Crippen molar-refractivity contribution in [1.29, 1.82) is 0 Å². The lowest BCUT2D eigenvalue weighted by molar-refractivity contribution is -0.682. The predicted octanol–water partition coefficient (Wildman–Crippen LogP) is 4.18. The third kappa shape index (κ3) is 4.73. The molecule has 3 N–H and O–H groups in total. The zero-order chi connectivity index (χ0) is 17.9. The van der Waals surface area contributed by atoms with Crippen LogP contribution < -0.4 is 10.6 Å². The van der Waals surface area contributed by atoms with Crippen molar-refractivity contribution in [2.75, 3.05) is 11.9 Å². The lowest BCUT2D eigenvalue weighted by Gasteiger charge is -2.15. The van der Waals surface area contributed by atoms with Crippen molar-refractivity contribution in [1.82, 2.24) is 0 Å². The number of aryl methyl sites for hydroxylation is 3. The molecule has 0 spiro atoms. The molecule has 0 fully saturated rings. The minimum absolute atomic E-state index is 0.0259. The maximum Gasteiger partial charge on any atom is 0.279 e. The number of hydrogen-bond donors (Lipinski definition) is 2. The third-order valence-corrected chi connectivity index (χ3v) is 4.61. The Morgan fingerprint density at radius 3 is 2.33 bits per heavy atom. The second-order valence-corrected chi connectivity index (χ2v) is 7.06. The van der Waals surface area contributed by atoms with Crippen molar-refractivity contribution in [2.45, 2.75) is 33.7 Å². The molecule has 1 amide bonds. The van der Waals surface area contributed by atoms with Gasteiger partial charge < -0.3 is 10.6 Å². The van der Waals surface area contributed by atoms with Crippen molar-refractivity contribution in [3.63, 3.8) is 0 Å². The number of carbonyl (C=O) groups excluding carboxylic acids is 1. The first-order valence-corrected chi connectivity index (χ1v) is 8.69. The first-order valence-electron chi connectivity index (χ1n) is 7.94. The van der Waals surface area contributed by atoms with E-state index >= 15 is 0 Å². The van der Waals surface area contributed by atoms with Gasteiger partial charge in [0.1, 0.15) is 6.04 Å². The van der Waals surface area contributed by atoms with E-state index in [4.69, 9.17) is 23.2 Å². The largest absolute Gasteiger partial charge is 0.332 e. The number of anilines is 1. The van der Waals surface area contributed by atoms with Gasteiger partial charge in [0.25, 0.3) is 5.91 Å². The zero-order valence-electron chi connectivity index (χ0n) is 14.4. The molecule has 0 unspecified atom stereocenters. The number of quaternary nitrogens is 1. The van der Waals surface area contributed by atoms with Gasteiger partial charge in [0.05, 0.1) is 5.02 Å². The van der Waals surface area contributed by atoms with Gasteiger partial charge in [0.15, 0.2) is 6.54 Å². The van der Waals surface area contributed by atoms with Crippen LogP contribution in [0.2, 0.25) is 10.0 Å². The molecular weight excluding hydrogens is 343 g/mol. The van der Waals surface area contributed by atoms with Crippen molar-refractivity contribution < 1.29 is 10.1 Å². The van der Waals surface area contributed by atoms with Gasteiger partial charge in [-0.05, 0) is 51.0 Å². The van der Waals surface area contributed by atoms with Crippen LogP contribution in [0, 0.1) is 20.8 Å². The summed E-state index contributed by atoms with van der Waals surface area (Å²) in [6.07, 6.45) is 0. The Morgan fingerprint density at radius 1 is 1.12 bits per heavy atom. The smallest absolute Gasteiger partial charge is 0.279 e. The molecular formula is C19H23Cl2N2O+. The summed E-state index contributed by atoms with van der Waals surface area (Å²) in [5.74, 6) is -0.0259. The molecule has 2 aromatic rings. The average molecular weight is 366 g/mol. The monoisotopic (exact) mass is 365 g/mol. The maximum absolute atomic E-state index is 12.3. The molecule has 2 rings (SSSR count). The highest BCUT2D eigenvalue weighted by atomic mass is 35.5. The molecule has 0 saturated heterocycles. The van der Waals surface area contributed by atoms with E-state index in [1.165, 1.54) is 5.56 Å². The summed E-state index contributed by atoms with van der Waals surface area (Å²) >= 11 is 12.1. The van der Waals surface area contributed by atoms with E-state index in [1.54, 1.807) is 6.07 Å². The molecule has 0 aromatic heterocycles. The van der Waals surface area contributed by atoms with Crippen LogP contribution in [-0.2, 0) is 4.79 Å². The Hall–Kier alpha value is -1.55. The van der Waals surface area contributed by atoms with Gasteiger partial charge in [-0.15, -0.1) is 0 Å². The third-order valence-electron chi connectivity index (χ3n) is 4.05. The van der Waals surface area contributed by atoms with Gasteiger partial charge in [0.2, 0.25) is 0 Å². The number of nitrogens with two attached hydrogens (primary N) is 1. The fraction of sp³-hybridized carbons (Fsp3) is 0.316. The molecule has 0 radical (unpaired) electrons. The van der Waals surface area contributed by atoms with Crippen LogP contribution in [0.5, 0.6) is 0 Å². The topological polar surface area (TPSA) is 45.7 Å². The van der Waals surface area contributed by atoms with Gasteiger partial charge in [-0.3, -0.25) is 4.79 Å². The van der Waals surface area contributed by atoms with Crippen LogP contribution in [0.1, 0.15) is 35.2 Å². The van der Waals surface area contributed by atoms with Crippen LogP contribution >= 0.6 is 23.2 Å². The zero-order valence-corrected chi connectivity index (χ0v) is 15.9. The number of halogens is 2. The Labute approximate surface area is 153 Å². The van der Waals surface area contributed by atoms with E-state index in [1.807, 2.05) is 38.2 Å². The van der Waals surface area contributed by atoms with Crippen molar-refractivity contribution in [3.8, 4) is 0 Å². The molecule has 0 saturated carbocycles. The van der Waals surface area contributed by atoms with E-state index < -0.39 is 0 Å². The predicted molar refractivity (Wildman–Crippen MR) is 101 cm³/mol. The lowest BCUT2D eigenvalue weighted by Crippen LogP contribution is -2.86. The van der Waals surface area contributed by atoms with Gasteiger partial charge in [-0.2, -0.15) is 0 Å². The molecule has 0 heterocycles. The van der Waals surface area contributed by atoms with Crippen LogP contribution in [-0.4, -0.2) is 12.5 Å². The molecule has 0 aliphatic carbocycles. The number of rotatable bonds is 5. The summed E-state index contributed by atoms with van der Waals surface area (Å²) in [4.78, 5) is 12.3. The second kappa shape index (κ2) is 8.02.